The smallest absolute Gasteiger partial charge is 0.278 e. The highest BCUT2D eigenvalue weighted by Crippen LogP contribution is 2.07. The lowest BCUT2D eigenvalue weighted by atomic mass is 10.1. The van der Waals surface area contributed by atoms with Crippen molar-refractivity contribution in [2.45, 2.75) is 0 Å². The first-order chi connectivity index (χ1) is 5.75. The van der Waals surface area contributed by atoms with E-state index < -0.39 is 0 Å². The van der Waals surface area contributed by atoms with E-state index in [0.717, 1.165) is 0 Å². The van der Waals surface area contributed by atoms with Gasteiger partial charge in [0, 0.05) is 11.0 Å². The number of allylic oxidation sites excluding steroid dienone is 5. The van der Waals surface area contributed by atoms with Gasteiger partial charge in [-0.3, -0.25) is 5.21 Å². The average Bonchev–Trinajstić information content (AvgIpc) is 2.05. The molecule has 12 heavy (non-hydrogen) atoms. The Morgan fingerprint density at radius 1 is 1.50 bits per heavy atom. The number of nitrogens with zero attached hydrogens (tertiary/aromatic N) is 1. The Labute approximate surface area is 69.9 Å². The number of ether oxygens (including phenoxy) is 1. The van der Waals surface area contributed by atoms with Crippen LogP contribution in [0.15, 0.2) is 36.1 Å². The van der Waals surface area contributed by atoms with Crippen LogP contribution in [0.1, 0.15) is 0 Å². The molecule has 0 heterocycles. The molecule has 0 aliphatic heterocycles. The van der Waals surface area contributed by atoms with Gasteiger partial charge in [-0.1, -0.05) is 12.2 Å². The number of methoxy groups -OCH3 is 1. The maximum absolute atomic E-state index is 10.5. The van der Waals surface area contributed by atoms with E-state index in [1.807, 2.05) is 0 Å². The van der Waals surface area contributed by atoms with Crippen LogP contribution >= 0.6 is 0 Å². The second-order valence-electron chi connectivity index (χ2n) is 2.19. The highest BCUT2D eigenvalue weighted by atomic mass is 16.8. The molecule has 1 N–H and O–H groups in total. The summed E-state index contributed by atoms with van der Waals surface area (Å²) in [6, 6.07) is 0. The zero-order chi connectivity index (χ0) is 8.97. The van der Waals surface area contributed by atoms with Crippen molar-refractivity contribution < 1.29 is 14.8 Å². The summed E-state index contributed by atoms with van der Waals surface area (Å²) in [6.45, 7) is 0. The molecule has 4 heteroatoms. The third-order valence-electron chi connectivity index (χ3n) is 1.39. The molecule has 0 unspecified atom stereocenters. The lowest BCUT2D eigenvalue weighted by Crippen LogP contribution is -2.13. The Morgan fingerprint density at radius 3 is 2.75 bits per heavy atom. The van der Waals surface area contributed by atoms with Crippen molar-refractivity contribution in [2.24, 2.45) is 0 Å². The fourth-order valence-electron chi connectivity index (χ4n) is 0.888. The van der Waals surface area contributed by atoms with Crippen LogP contribution in [-0.2, 0) is 4.74 Å². The molecule has 0 spiro atoms. The maximum Gasteiger partial charge on any atom is 0.278 e. The van der Waals surface area contributed by atoms with E-state index in [-0.39, 0.29) is 10.6 Å². The third-order valence-corrected chi connectivity index (χ3v) is 1.39. The summed E-state index contributed by atoms with van der Waals surface area (Å²) in [5, 5.41) is 19.2. The van der Waals surface area contributed by atoms with Gasteiger partial charge in [0.2, 0.25) is 0 Å². The first-order valence-corrected chi connectivity index (χ1v) is 3.37. The molecule has 0 radical (unpaired) electrons. The molecule has 0 fully saturated rings. The van der Waals surface area contributed by atoms with E-state index in [9.17, 15) is 5.21 Å². The van der Waals surface area contributed by atoms with Gasteiger partial charge in [-0.2, -0.15) is 0 Å². The molecule has 64 valence electrons. The van der Waals surface area contributed by atoms with E-state index in [1.54, 1.807) is 18.2 Å². The fraction of sp³-hybridized carbons (Fsp3) is 0.125. The van der Waals surface area contributed by atoms with Crippen LogP contribution in [0.5, 0.6) is 0 Å². The molecule has 1 aliphatic rings. The minimum Gasteiger partial charge on any atom is -0.503 e. The van der Waals surface area contributed by atoms with E-state index in [0.29, 0.717) is 5.57 Å². The molecule has 4 nitrogen and oxygen atoms in total. The monoisotopic (exact) mass is 167 g/mol. The van der Waals surface area contributed by atoms with Gasteiger partial charge in [0.25, 0.3) is 5.71 Å². The van der Waals surface area contributed by atoms with Crippen molar-refractivity contribution in [2.75, 3.05) is 7.11 Å². The van der Waals surface area contributed by atoms with E-state index >= 15 is 0 Å². The molecule has 0 saturated heterocycles. The quantitative estimate of drug-likeness (QED) is 0.274. The molecule has 0 aromatic carbocycles. The van der Waals surface area contributed by atoms with Crippen molar-refractivity contribution in [1.29, 1.82) is 0 Å². The maximum atomic E-state index is 10.5. The summed E-state index contributed by atoms with van der Waals surface area (Å²) in [6.07, 6.45) is 7.95. The molecule has 1 aliphatic carbocycles. The topological polar surface area (TPSA) is 55.5 Å². The number of hydrogen-bond acceptors (Lipinski definition) is 3. The molecule has 0 saturated carbocycles. The Bertz CT molecular complexity index is 283. The Balaban J connectivity index is 3.02. The van der Waals surface area contributed by atoms with Gasteiger partial charge in [0.1, 0.15) is 0 Å². The normalized spacial score (nSPS) is 22.9. The average molecular weight is 167 g/mol. The molecule has 0 aromatic heterocycles. The van der Waals surface area contributed by atoms with Crippen molar-refractivity contribution in [3.8, 4) is 0 Å². The zero-order valence-corrected chi connectivity index (χ0v) is 6.60. The molecule has 0 amide bonds. The SMILES string of the molecule is CO/C=C1/C=CC=C/C1=[N+](\[O-])O. The summed E-state index contributed by atoms with van der Waals surface area (Å²) in [5.74, 6) is 0. The van der Waals surface area contributed by atoms with Gasteiger partial charge in [-0.25, -0.2) is 0 Å². The molecule has 0 bridgehead atoms. The standard InChI is InChI=1S/C8H9NO3/c1-12-6-7-4-2-3-5-8(7)9(10)11/h2-6H,1H3,(H,10,11)/b7-6-. The Kier molecular flexibility index (Phi) is 2.53. The van der Waals surface area contributed by atoms with Crippen molar-refractivity contribution in [3.05, 3.63) is 41.3 Å². The van der Waals surface area contributed by atoms with Crippen molar-refractivity contribution in [1.82, 2.24) is 0 Å². The predicted molar refractivity (Wildman–Crippen MR) is 43.8 cm³/mol. The fourth-order valence-corrected chi connectivity index (χ4v) is 0.888. The third kappa shape index (κ3) is 1.66. The largest absolute Gasteiger partial charge is 0.503 e. The zero-order valence-electron chi connectivity index (χ0n) is 6.60. The highest BCUT2D eigenvalue weighted by molar-refractivity contribution is 6.07. The number of rotatable bonds is 1. The molecule has 0 aromatic rings. The molecule has 0 atom stereocenters. The second-order valence-corrected chi connectivity index (χ2v) is 2.19. The molecular weight excluding hydrogens is 158 g/mol. The summed E-state index contributed by atoms with van der Waals surface area (Å²) >= 11 is 0. The van der Waals surface area contributed by atoms with Crippen LogP contribution in [0.3, 0.4) is 0 Å². The van der Waals surface area contributed by atoms with Crippen LogP contribution in [-0.4, -0.2) is 22.9 Å². The number of hydrogen-bond donors (Lipinski definition) is 1. The van der Waals surface area contributed by atoms with E-state index in [1.165, 1.54) is 19.4 Å². The van der Waals surface area contributed by atoms with Crippen LogP contribution < -0.4 is 0 Å². The van der Waals surface area contributed by atoms with Gasteiger partial charge in [-0.05, 0) is 6.08 Å². The molecule has 1 rings (SSSR count). The Hall–Kier alpha value is -1.71. The van der Waals surface area contributed by atoms with Gasteiger partial charge in [-0.15, -0.1) is 0 Å². The van der Waals surface area contributed by atoms with Gasteiger partial charge >= 0.3 is 0 Å². The summed E-state index contributed by atoms with van der Waals surface area (Å²) in [7, 11) is 1.48. The van der Waals surface area contributed by atoms with Crippen LogP contribution in [0.2, 0.25) is 0 Å². The van der Waals surface area contributed by atoms with Gasteiger partial charge in [0.15, 0.2) is 0 Å². The Morgan fingerprint density at radius 2 is 2.17 bits per heavy atom. The summed E-state index contributed by atoms with van der Waals surface area (Å²) < 4.78 is 4.72. The second kappa shape index (κ2) is 3.61. The minimum atomic E-state index is -0.190. The van der Waals surface area contributed by atoms with Crippen molar-refractivity contribution >= 4 is 5.71 Å². The summed E-state index contributed by atoms with van der Waals surface area (Å²) in [5.41, 5.74) is 0.705. The molecular formula is C8H9NO3. The summed E-state index contributed by atoms with van der Waals surface area (Å²) in [4.78, 5) is -0.190. The lowest BCUT2D eigenvalue weighted by molar-refractivity contribution is -0.725. The highest BCUT2D eigenvalue weighted by Gasteiger charge is 2.13. The lowest BCUT2D eigenvalue weighted by Gasteiger charge is -2.01. The van der Waals surface area contributed by atoms with Gasteiger partial charge in [0.05, 0.1) is 18.9 Å². The van der Waals surface area contributed by atoms with Crippen LogP contribution in [0.4, 0.5) is 0 Å². The van der Waals surface area contributed by atoms with Crippen molar-refractivity contribution in [3.63, 3.8) is 0 Å². The first-order valence-electron chi connectivity index (χ1n) is 3.37. The predicted octanol–water partition coefficient (Wildman–Crippen LogP) is 0.983. The van der Waals surface area contributed by atoms with E-state index in [2.05, 4.69) is 0 Å². The van der Waals surface area contributed by atoms with Crippen LogP contribution in [0, 0.1) is 5.21 Å². The van der Waals surface area contributed by atoms with Gasteiger partial charge < -0.3 is 9.94 Å². The van der Waals surface area contributed by atoms with E-state index in [4.69, 9.17) is 9.94 Å². The van der Waals surface area contributed by atoms with Crippen LogP contribution in [0.25, 0.3) is 0 Å². The minimum absolute atomic E-state index is 0.166. The first kappa shape index (κ1) is 8.39.